The lowest BCUT2D eigenvalue weighted by Crippen LogP contribution is -2.33. The molecule has 5 rings (SSSR count). The van der Waals surface area contributed by atoms with Gasteiger partial charge < -0.3 is 9.15 Å². The molecule has 0 saturated carbocycles. The number of hydrogen-bond donors (Lipinski definition) is 0. The van der Waals surface area contributed by atoms with E-state index in [1.54, 1.807) is 6.26 Å². The molecule has 0 amide bonds. The summed E-state index contributed by atoms with van der Waals surface area (Å²) in [5.41, 5.74) is 3.36. The van der Waals surface area contributed by atoms with Crippen LogP contribution in [0.3, 0.4) is 0 Å². The molecule has 25 heavy (non-hydrogen) atoms. The number of fused-ring (bicyclic) bond motifs is 3. The number of benzene rings is 2. The number of ether oxygens (including phenoxy) is 1. The molecule has 2 aromatic carbocycles. The van der Waals surface area contributed by atoms with Crippen molar-refractivity contribution in [1.82, 2.24) is 5.01 Å². The second-order valence-corrected chi connectivity index (χ2v) is 7.10. The van der Waals surface area contributed by atoms with E-state index in [0.29, 0.717) is 0 Å². The molecule has 0 spiro atoms. The minimum atomic E-state index is -0.352. The fraction of sp³-hybridized carbons (Fsp3) is 0.150. The topological polar surface area (TPSA) is 38.0 Å². The first-order chi connectivity index (χ1) is 12.3. The quantitative estimate of drug-likeness (QED) is 0.592. The molecule has 0 radical (unpaired) electrons. The highest BCUT2D eigenvalue weighted by Crippen LogP contribution is 2.48. The zero-order valence-corrected chi connectivity index (χ0v) is 14.9. The first-order valence-electron chi connectivity index (χ1n) is 8.20. The summed E-state index contributed by atoms with van der Waals surface area (Å²) < 4.78 is 12.9. The second-order valence-electron chi connectivity index (χ2n) is 6.18. The first kappa shape index (κ1) is 14.8. The molecule has 0 N–H and O–H groups in total. The van der Waals surface area contributed by atoms with Crippen LogP contribution >= 0.6 is 15.9 Å². The van der Waals surface area contributed by atoms with Crippen LogP contribution in [-0.2, 0) is 0 Å². The van der Waals surface area contributed by atoms with Crippen LogP contribution in [0.15, 0.2) is 80.9 Å². The molecule has 0 saturated heterocycles. The van der Waals surface area contributed by atoms with Crippen LogP contribution in [0.1, 0.15) is 35.6 Å². The van der Waals surface area contributed by atoms with Gasteiger partial charge in [0, 0.05) is 16.5 Å². The van der Waals surface area contributed by atoms with Gasteiger partial charge >= 0.3 is 0 Å². The van der Waals surface area contributed by atoms with Gasteiger partial charge in [-0.25, -0.2) is 5.01 Å². The van der Waals surface area contributed by atoms with Crippen LogP contribution in [0.4, 0.5) is 0 Å². The number of rotatable bonds is 2. The van der Waals surface area contributed by atoms with Gasteiger partial charge in [-0.05, 0) is 35.9 Å². The van der Waals surface area contributed by atoms with Crippen molar-refractivity contribution in [2.24, 2.45) is 5.10 Å². The van der Waals surface area contributed by atoms with Crippen LogP contribution in [-0.4, -0.2) is 10.7 Å². The molecule has 3 heterocycles. The molecule has 2 aliphatic rings. The monoisotopic (exact) mass is 394 g/mol. The smallest absolute Gasteiger partial charge is 0.246 e. The Morgan fingerprint density at radius 2 is 1.92 bits per heavy atom. The summed E-state index contributed by atoms with van der Waals surface area (Å²) in [5, 5.41) is 6.92. The molecule has 0 unspecified atom stereocenters. The number of hydrazone groups is 1. The Balaban J connectivity index is 1.61. The van der Waals surface area contributed by atoms with Gasteiger partial charge in [0.15, 0.2) is 5.76 Å². The summed E-state index contributed by atoms with van der Waals surface area (Å²) in [6.07, 6.45) is 2.16. The highest BCUT2D eigenvalue weighted by atomic mass is 79.9. The molecule has 4 nitrogen and oxygen atoms in total. The number of furan rings is 1. The molecule has 124 valence electrons. The summed E-state index contributed by atoms with van der Waals surface area (Å²) in [6, 6.07) is 20.4. The summed E-state index contributed by atoms with van der Waals surface area (Å²) >= 11 is 3.57. The molecule has 0 bridgehead atoms. The Bertz CT molecular complexity index is 938. The van der Waals surface area contributed by atoms with E-state index in [-0.39, 0.29) is 12.3 Å². The van der Waals surface area contributed by atoms with Gasteiger partial charge in [-0.15, -0.1) is 0 Å². The molecule has 1 aromatic heterocycles. The molecule has 0 aliphatic carbocycles. The Kier molecular flexibility index (Phi) is 3.41. The standard InChI is InChI=1S/C20H15BrN2O2/c21-14-8-9-18-15(11-14)17-12-16(13-5-2-1-3-6-13)22-23(17)20(25-18)19-7-4-10-24-19/h1-11,17,20H,12H2/t17-,20+/m0/s1. The molecule has 0 fully saturated rings. The highest BCUT2D eigenvalue weighted by molar-refractivity contribution is 9.10. The minimum absolute atomic E-state index is 0.131. The van der Waals surface area contributed by atoms with E-state index >= 15 is 0 Å². The summed E-state index contributed by atoms with van der Waals surface area (Å²) in [6.45, 7) is 0. The van der Waals surface area contributed by atoms with E-state index in [4.69, 9.17) is 14.3 Å². The molecule has 3 aromatic rings. The number of halogens is 1. The van der Waals surface area contributed by atoms with Crippen molar-refractivity contribution >= 4 is 21.6 Å². The van der Waals surface area contributed by atoms with Gasteiger partial charge in [-0.1, -0.05) is 46.3 Å². The van der Waals surface area contributed by atoms with Crippen LogP contribution in [0.25, 0.3) is 0 Å². The normalized spacial score (nSPS) is 21.3. The highest BCUT2D eigenvalue weighted by Gasteiger charge is 2.42. The fourth-order valence-electron chi connectivity index (χ4n) is 3.48. The van der Waals surface area contributed by atoms with Crippen molar-refractivity contribution in [3.8, 4) is 5.75 Å². The van der Waals surface area contributed by atoms with E-state index in [2.05, 4.69) is 34.1 Å². The Morgan fingerprint density at radius 1 is 1.04 bits per heavy atom. The summed E-state index contributed by atoms with van der Waals surface area (Å²) in [7, 11) is 0. The van der Waals surface area contributed by atoms with Gasteiger partial charge in [0.2, 0.25) is 6.23 Å². The van der Waals surface area contributed by atoms with Crippen LogP contribution in [0.5, 0.6) is 5.75 Å². The maximum Gasteiger partial charge on any atom is 0.246 e. The van der Waals surface area contributed by atoms with E-state index in [9.17, 15) is 0 Å². The third-order valence-corrected chi connectivity index (χ3v) is 5.14. The molecule has 2 aliphatic heterocycles. The zero-order valence-electron chi connectivity index (χ0n) is 13.3. The minimum Gasteiger partial charge on any atom is -0.463 e. The third kappa shape index (κ3) is 2.46. The molecular formula is C20H15BrN2O2. The van der Waals surface area contributed by atoms with Crippen LogP contribution in [0.2, 0.25) is 0 Å². The van der Waals surface area contributed by atoms with Crippen LogP contribution < -0.4 is 4.74 Å². The number of hydrogen-bond acceptors (Lipinski definition) is 4. The van der Waals surface area contributed by atoms with Crippen molar-refractivity contribution in [2.75, 3.05) is 0 Å². The van der Waals surface area contributed by atoms with Crippen molar-refractivity contribution in [1.29, 1.82) is 0 Å². The van der Waals surface area contributed by atoms with Crippen molar-refractivity contribution in [2.45, 2.75) is 18.7 Å². The second kappa shape index (κ2) is 5.77. The average Bonchev–Trinajstić information content (AvgIpc) is 3.32. The lowest BCUT2D eigenvalue weighted by atomic mass is 9.96. The summed E-state index contributed by atoms with van der Waals surface area (Å²) in [5.74, 6) is 1.65. The largest absolute Gasteiger partial charge is 0.463 e. The van der Waals surface area contributed by atoms with Crippen molar-refractivity contribution in [3.05, 3.63) is 88.3 Å². The molecule has 5 heteroatoms. The van der Waals surface area contributed by atoms with E-state index in [0.717, 1.165) is 39.2 Å². The zero-order chi connectivity index (χ0) is 16.8. The summed E-state index contributed by atoms with van der Waals surface area (Å²) in [4.78, 5) is 0. The predicted molar refractivity (Wildman–Crippen MR) is 98.4 cm³/mol. The van der Waals surface area contributed by atoms with Gasteiger partial charge in [0.05, 0.1) is 18.0 Å². The molecule has 2 atom stereocenters. The van der Waals surface area contributed by atoms with Crippen LogP contribution in [0, 0.1) is 0 Å². The fourth-order valence-corrected chi connectivity index (χ4v) is 3.86. The van der Waals surface area contributed by atoms with E-state index in [1.165, 1.54) is 0 Å². The Hall–Kier alpha value is -2.53. The lowest BCUT2D eigenvalue weighted by molar-refractivity contribution is -0.0325. The maximum absolute atomic E-state index is 6.23. The van der Waals surface area contributed by atoms with E-state index in [1.807, 2.05) is 47.5 Å². The van der Waals surface area contributed by atoms with Gasteiger partial charge in [0.25, 0.3) is 0 Å². The van der Waals surface area contributed by atoms with Gasteiger partial charge in [0.1, 0.15) is 5.75 Å². The van der Waals surface area contributed by atoms with Gasteiger partial charge in [-0.3, -0.25) is 0 Å². The number of nitrogens with zero attached hydrogens (tertiary/aromatic N) is 2. The first-order valence-corrected chi connectivity index (χ1v) is 8.99. The van der Waals surface area contributed by atoms with Crippen molar-refractivity contribution < 1.29 is 9.15 Å². The SMILES string of the molecule is Brc1ccc2c(c1)[C@@H]1CC(c3ccccc3)=NN1[C@@H](c1ccco1)O2. The Labute approximate surface area is 153 Å². The van der Waals surface area contributed by atoms with Crippen molar-refractivity contribution in [3.63, 3.8) is 0 Å². The maximum atomic E-state index is 6.23. The lowest BCUT2D eigenvalue weighted by Gasteiger charge is -2.37. The van der Waals surface area contributed by atoms with E-state index < -0.39 is 0 Å². The third-order valence-electron chi connectivity index (χ3n) is 4.65. The molecular weight excluding hydrogens is 380 g/mol. The Morgan fingerprint density at radius 3 is 2.72 bits per heavy atom. The predicted octanol–water partition coefficient (Wildman–Crippen LogP) is 5.28. The average molecular weight is 395 g/mol. The van der Waals surface area contributed by atoms with Gasteiger partial charge in [-0.2, -0.15) is 5.10 Å².